The van der Waals surface area contributed by atoms with E-state index >= 15 is 0 Å². The van der Waals surface area contributed by atoms with Crippen molar-refractivity contribution in [3.8, 4) is 11.3 Å². The molecule has 4 nitrogen and oxygen atoms in total. The smallest absolute Gasteiger partial charge is 0.183 e. The first-order chi connectivity index (χ1) is 8.29. The Balaban J connectivity index is 2.01. The maximum absolute atomic E-state index is 9.21. The lowest BCUT2D eigenvalue weighted by atomic mass is 10.2. The van der Waals surface area contributed by atoms with E-state index in [-0.39, 0.29) is 6.61 Å². The summed E-state index contributed by atoms with van der Waals surface area (Å²) < 4.78 is 0. The molecule has 2 aromatic rings. The quantitative estimate of drug-likeness (QED) is 0.753. The van der Waals surface area contributed by atoms with Crippen molar-refractivity contribution in [3.05, 3.63) is 35.7 Å². The van der Waals surface area contributed by atoms with Gasteiger partial charge in [0, 0.05) is 17.5 Å². The molecule has 0 aliphatic carbocycles. The van der Waals surface area contributed by atoms with Crippen molar-refractivity contribution in [1.82, 2.24) is 4.98 Å². The van der Waals surface area contributed by atoms with Crippen LogP contribution in [-0.2, 0) is 0 Å². The Hall–Kier alpha value is -1.43. The highest BCUT2D eigenvalue weighted by Crippen LogP contribution is 2.24. The third-order valence-electron chi connectivity index (χ3n) is 2.27. The Morgan fingerprint density at radius 2 is 2.06 bits per heavy atom. The normalized spacial score (nSPS) is 12.4. The Kier molecular flexibility index (Phi) is 4.08. The number of thiazole rings is 1. The van der Waals surface area contributed by atoms with Crippen LogP contribution in [0.15, 0.2) is 35.7 Å². The minimum Gasteiger partial charge on any atom is -0.394 e. The summed E-state index contributed by atoms with van der Waals surface area (Å²) in [5.74, 6) is 0. The van der Waals surface area contributed by atoms with Gasteiger partial charge in [-0.25, -0.2) is 4.98 Å². The fourth-order valence-corrected chi connectivity index (χ4v) is 2.10. The number of hydrogen-bond donors (Lipinski definition) is 3. The number of hydrogen-bond acceptors (Lipinski definition) is 5. The number of anilines is 1. The summed E-state index contributed by atoms with van der Waals surface area (Å²) in [7, 11) is 0. The van der Waals surface area contributed by atoms with Crippen molar-refractivity contribution < 1.29 is 10.2 Å². The van der Waals surface area contributed by atoms with Gasteiger partial charge in [0.25, 0.3) is 0 Å². The van der Waals surface area contributed by atoms with Crippen LogP contribution in [0.3, 0.4) is 0 Å². The average Bonchev–Trinajstić information content (AvgIpc) is 2.86. The van der Waals surface area contributed by atoms with Gasteiger partial charge in [-0.2, -0.15) is 0 Å². The molecule has 0 radical (unpaired) electrons. The van der Waals surface area contributed by atoms with Crippen LogP contribution in [0.4, 0.5) is 5.13 Å². The van der Waals surface area contributed by atoms with Gasteiger partial charge < -0.3 is 15.5 Å². The number of nitrogens with one attached hydrogen (secondary N) is 1. The molecule has 17 heavy (non-hydrogen) atoms. The Morgan fingerprint density at radius 3 is 2.76 bits per heavy atom. The third kappa shape index (κ3) is 3.26. The molecule has 5 heteroatoms. The van der Waals surface area contributed by atoms with Gasteiger partial charge in [0.05, 0.1) is 18.4 Å². The second-order valence-corrected chi connectivity index (χ2v) is 4.48. The van der Waals surface area contributed by atoms with E-state index in [1.165, 1.54) is 11.3 Å². The van der Waals surface area contributed by atoms with Gasteiger partial charge in [0.15, 0.2) is 5.13 Å². The van der Waals surface area contributed by atoms with Gasteiger partial charge in [0.1, 0.15) is 0 Å². The first kappa shape index (κ1) is 12.0. The van der Waals surface area contributed by atoms with Gasteiger partial charge >= 0.3 is 0 Å². The zero-order valence-corrected chi connectivity index (χ0v) is 10.0. The number of rotatable bonds is 5. The molecule has 1 aromatic heterocycles. The third-order valence-corrected chi connectivity index (χ3v) is 3.07. The van der Waals surface area contributed by atoms with Crippen LogP contribution in [0.2, 0.25) is 0 Å². The molecule has 0 aliphatic heterocycles. The lowest BCUT2D eigenvalue weighted by Gasteiger charge is -2.06. The van der Waals surface area contributed by atoms with Crippen molar-refractivity contribution in [2.75, 3.05) is 18.5 Å². The van der Waals surface area contributed by atoms with Crippen LogP contribution >= 0.6 is 11.3 Å². The van der Waals surface area contributed by atoms with E-state index in [4.69, 9.17) is 5.11 Å². The van der Waals surface area contributed by atoms with Crippen LogP contribution in [0.1, 0.15) is 0 Å². The van der Waals surface area contributed by atoms with Gasteiger partial charge in [-0.1, -0.05) is 30.3 Å². The highest BCUT2D eigenvalue weighted by molar-refractivity contribution is 7.14. The molecule has 1 atom stereocenters. The van der Waals surface area contributed by atoms with E-state index in [1.807, 2.05) is 35.7 Å². The van der Waals surface area contributed by atoms with Crippen molar-refractivity contribution in [2.24, 2.45) is 0 Å². The maximum Gasteiger partial charge on any atom is 0.183 e. The van der Waals surface area contributed by atoms with E-state index in [0.717, 1.165) is 16.4 Å². The maximum atomic E-state index is 9.21. The van der Waals surface area contributed by atoms with Crippen molar-refractivity contribution in [2.45, 2.75) is 6.10 Å². The minimum absolute atomic E-state index is 0.246. The lowest BCUT2D eigenvalue weighted by Crippen LogP contribution is -2.22. The van der Waals surface area contributed by atoms with E-state index in [2.05, 4.69) is 10.3 Å². The van der Waals surface area contributed by atoms with Crippen LogP contribution < -0.4 is 5.32 Å². The summed E-state index contributed by atoms with van der Waals surface area (Å²) in [4.78, 5) is 4.40. The molecule has 90 valence electrons. The number of nitrogens with zero attached hydrogens (tertiary/aromatic N) is 1. The topological polar surface area (TPSA) is 65.4 Å². The zero-order chi connectivity index (χ0) is 12.1. The van der Waals surface area contributed by atoms with Crippen LogP contribution in [-0.4, -0.2) is 34.5 Å². The second kappa shape index (κ2) is 5.77. The second-order valence-electron chi connectivity index (χ2n) is 3.62. The first-order valence-electron chi connectivity index (χ1n) is 5.33. The minimum atomic E-state index is -0.751. The average molecular weight is 250 g/mol. The van der Waals surface area contributed by atoms with Gasteiger partial charge in [-0.3, -0.25) is 0 Å². The first-order valence-corrected chi connectivity index (χ1v) is 6.21. The van der Waals surface area contributed by atoms with Crippen molar-refractivity contribution in [1.29, 1.82) is 0 Å². The number of aromatic nitrogens is 1. The van der Waals surface area contributed by atoms with Crippen molar-refractivity contribution in [3.63, 3.8) is 0 Å². The molecule has 0 fully saturated rings. The molecule has 0 unspecified atom stereocenters. The van der Waals surface area contributed by atoms with Crippen LogP contribution in [0, 0.1) is 0 Å². The molecule has 2 rings (SSSR count). The molecule has 0 aliphatic rings. The predicted molar refractivity (Wildman–Crippen MR) is 69.1 cm³/mol. The molecule has 1 aromatic carbocycles. The SMILES string of the molecule is OC[C@H](O)CNc1nc(-c2ccccc2)cs1. The summed E-state index contributed by atoms with van der Waals surface area (Å²) in [5.41, 5.74) is 1.98. The Bertz CT molecular complexity index is 459. The Labute approximate surface area is 104 Å². The monoisotopic (exact) mass is 250 g/mol. The summed E-state index contributed by atoms with van der Waals surface area (Å²) in [6, 6.07) is 9.91. The van der Waals surface area contributed by atoms with Crippen LogP contribution in [0.25, 0.3) is 11.3 Å². The number of benzene rings is 1. The highest BCUT2D eigenvalue weighted by atomic mass is 32.1. The highest BCUT2D eigenvalue weighted by Gasteiger charge is 2.06. The number of aliphatic hydroxyl groups excluding tert-OH is 2. The molecule has 0 spiro atoms. The molecule has 1 heterocycles. The van der Waals surface area contributed by atoms with Gasteiger partial charge in [0.2, 0.25) is 0 Å². The van der Waals surface area contributed by atoms with Crippen molar-refractivity contribution >= 4 is 16.5 Å². The standard InChI is InChI=1S/C12H14N2O2S/c15-7-10(16)6-13-12-14-11(8-17-12)9-4-2-1-3-5-9/h1-5,8,10,15-16H,6-7H2,(H,13,14)/t10-/m1/s1. The largest absolute Gasteiger partial charge is 0.394 e. The van der Waals surface area contributed by atoms with Gasteiger partial charge in [-0.05, 0) is 0 Å². The molecule has 0 bridgehead atoms. The predicted octanol–water partition coefficient (Wildman–Crippen LogP) is 1.58. The fourth-order valence-electron chi connectivity index (χ4n) is 1.37. The molecular weight excluding hydrogens is 236 g/mol. The molecule has 0 saturated heterocycles. The zero-order valence-electron chi connectivity index (χ0n) is 9.21. The summed E-state index contributed by atoms with van der Waals surface area (Å²) in [5, 5.41) is 23.6. The van der Waals surface area contributed by atoms with E-state index in [1.54, 1.807) is 0 Å². The van der Waals surface area contributed by atoms with E-state index in [0.29, 0.717) is 6.54 Å². The summed E-state index contributed by atoms with van der Waals surface area (Å²) in [6.07, 6.45) is -0.751. The lowest BCUT2D eigenvalue weighted by molar-refractivity contribution is 0.105. The van der Waals surface area contributed by atoms with Crippen LogP contribution in [0.5, 0.6) is 0 Å². The molecule has 0 amide bonds. The summed E-state index contributed by atoms with van der Waals surface area (Å²) >= 11 is 1.48. The summed E-state index contributed by atoms with van der Waals surface area (Å²) in [6.45, 7) is 0.0577. The van der Waals surface area contributed by atoms with E-state index in [9.17, 15) is 5.11 Å². The molecule has 3 N–H and O–H groups in total. The molecular formula is C12H14N2O2S. The molecule has 0 saturated carbocycles. The number of aliphatic hydroxyl groups is 2. The Morgan fingerprint density at radius 1 is 1.29 bits per heavy atom. The van der Waals surface area contributed by atoms with E-state index < -0.39 is 6.10 Å². The van der Waals surface area contributed by atoms with Gasteiger partial charge in [-0.15, -0.1) is 11.3 Å². The fraction of sp³-hybridized carbons (Fsp3) is 0.250.